The Morgan fingerprint density at radius 1 is 0.861 bits per heavy atom. The minimum Gasteiger partial charge on any atom is -0.493 e. The van der Waals surface area contributed by atoms with Gasteiger partial charge >= 0.3 is 0 Å². The van der Waals surface area contributed by atoms with Crippen molar-refractivity contribution >= 4 is 11.6 Å². The number of carbonyl (C=O) groups excluding carboxylic acids is 1. The van der Waals surface area contributed by atoms with Crippen LogP contribution in [0.1, 0.15) is 15.9 Å². The van der Waals surface area contributed by atoms with Gasteiger partial charge in [-0.3, -0.25) is 4.79 Å². The van der Waals surface area contributed by atoms with Crippen LogP contribution in [-0.4, -0.2) is 41.3 Å². The molecule has 0 radical (unpaired) electrons. The van der Waals surface area contributed by atoms with Gasteiger partial charge in [-0.25, -0.2) is 9.50 Å². The Bertz CT molecular complexity index is 1490. The third-order valence-corrected chi connectivity index (χ3v) is 6.08. The number of hydrogen-bond donors (Lipinski definition) is 1. The number of nitrogens with one attached hydrogen (secondary N) is 1. The normalized spacial score (nSPS) is 10.8. The Labute approximate surface area is 209 Å². The predicted octanol–water partition coefficient (Wildman–Crippen LogP) is 5.05. The molecule has 36 heavy (non-hydrogen) atoms. The Morgan fingerprint density at radius 3 is 2.33 bits per heavy atom. The third-order valence-electron chi connectivity index (χ3n) is 6.08. The van der Waals surface area contributed by atoms with Crippen LogP contribution in [0.2, 0.25) is 0 Å². The summed E-state index contributed by atoms with van der Waals surface area (Å²) in [6.07, 6.45) is 3.92. The van der Waals surface area contributed by atoms with Gasteiger partial charge in [0.25, 0.3) is 5.91 Å². The van der Waals surface area contributed by atoms with Crippen molar-refractivity contribution < 1.29 is 14.3 Å². The maximum atomic E-state index is 12.9. The molecule has 0 unspecified atom stereocenters. The van der Waals surface area contributed by atoms with E-state index in [0.717, 1.165) is 27.9 Å². The summed E-state index contributed by atoms with van der Waals surface area (Å²) in [7, 11) is 3.21. The summed E-state index contributed by atoms with van der Waals surface area (Å²) < 4.78 is 12.3. The van der Waals surface area contributed by atoms with Crippen molar-refractivity contribution in [3.05, 3.63) is 102 Å². The predicted molar refractivity (Wildman–Crippen MR) is 139 cm³/mol. The Kier molecular flexibility index (Phi) is 6.62. The lowest BCUT2D eigenvalue weighted by molar-refractivity contribution is 0.0955. The van der Waals surface area contributed by atoms with Crippen LogP contribution in [0, 0.1) is 0 Å². The summed E-state index contributed by atoms with van der Waals surface area (Å²) in [6, 6.07) is 26.2. The average molecular weight is 479 g/mol. The van der Waals surface area contributed by atoms with Crippen molar-refractivity contribution in [2.45, 2.75) is 6.42 Å². The van der Waals surface area contributed by atoms with Gasteiger partial charge < -0.3 is 14.8 Å². The van der Waals surface area contributed by atoms with Crippen molar-refractivity contribution in [1.82, 2.24) is 19.9 Å². The molecule has 0 aliphatic heterocycles. The molecule has 2 heterocycles. The number of benzene rings is 3. The van der Waals surface area contributed by atoms with Crippen LogP contribution >= 0.6 is 0 Å². The Morgan fingerprint density at radius 2 is 1.58 bits per heavy atom. The van der Waals surface area contributed by atoms with E-state index in [0.29, 0.717) is 35.7 Å². The van der Waals surface area contributed by atoms with Crippen LogP contribution in [0.5, 0.6) is 11.5 Å². The van der Waals surface area contributed by atoms with E-state index in [4.69, 9.17) is 9.47 Å². The molecule has 5 rings (SSSR count). The zero-order chi connectivity index (χ0) is 24.9. The van der Waals surface area contributed by atoms with Gasteiger partial charge in [0.2, 0.25) is 0 Å². The topological polar surface area (TPSA) is 77.8 Å². The van der Waals surface area contributed by atoms with Gasteiger partial charge in [0.05, 0.1) is 26.1 Å². The van der Waals surface area contributed by atoms with Crippen molar-refractivity contribution in [2.24, 2.45) is 0 Å². The molecule has 0 saturated heterocycles. The van der Waals surface area contributed by atoms with Crippen LogP contribution in [0.3, 0.4) is 0 Å². The summed E-state index contributed by atoms with van der Waals surface area (Å²) in [5, 5.41) is 7.44. The first kappa shape index (κ1) is 23.1. The first-order chi connectivity index (χ1) is 17.7. The smallest absolute Gasteiger partial charge is 0.256 e. The lowest BCUT2D eigenvalue weighted by Crippen LogP contribution is -2.25. The average Bonchev–Trinajstić information content (AvgIpc) is 3.38. The van der Waals surface area contributed by atoms with Gasteiger partial charge in [0, 0.05) is 18.3 Å². The van der Waals surface area contributed by atoms with E-state index in [1.807, 2.05) is 42.5 Å². The van der Waals surface area contributed by atoms with Crippen LogP contribution in [0.25, 0.3) is 28.0 Å². The minimum atomic E-state index is -0.213. The van der Waals surface area contributed by atoms with E-state index >= 15 is 0 Å². The minimum absolute atomic E-state index is 0.213. The molecule has 3 aromatic carbocycles. The number of amides is 1. The number of aromatic nitrogens is 3. The maximum absolute atomic E-state index is 12.9. The highest BCUT2D eigenvalue weighted by Crippen LogP contribution is 2.28. The van der Waals surface area contributed by atoms with Crippen LogP contribution < -0.4 is 14.8 Å². The van der Waals surface area contributed by atoms with Crippen molar-refractivity contribution in [3.63, 3.8) is 0 Å². The van der Waals surface area contributed by atoms with E-state index in [1.165, 1.54) is 0 Å². The molecule has 5 aromatic rings. The second-order valence-corrected chi connectivity index (χ2v) is 8.26. The molecule has 1 N–H and O–H groups in total. The molecule has 2 aromatic heterocycles. The molecule has 7 heteroatoms. The van der Waals surface area contributed by atoms with Crippen molar-refractivity contribution in [1.29, 1.82) is 0 Å². The quantitative estimate of drug-likeness (QED) is 0.338. The van der Waals surface area contributed by atoms with Crippen molar-refractivity contribution in [2.75, 3.05) is 20.8 Å². The summed E-state index contributed by atoms with van der Waals surface area (Å²) in [6.45, 7) is 0.465. The van der Waals surface area contributed by atoms with Gasteiger partial charge in [0.1, 0.15) is 5.56 Å². The molecule has 0 fully saturated rings. The van der Waals surface area contributed by atoms with Gasteiger partial charge in [-0.05, 0) is 41.3 Å². The van der Waals surface area contributed by atoms with E-state index in [2.05, 4.69) is 51.8 Å². The molecule has 0 saturated carbocycles. The monoisotopic (exact) mass is 478 g/mol. The largest absolute Gasteiger partial charge is 0.493 e. The standard InChI is InChI=1S/C29H26N4O3/c1-35-26-13-8-20(18-27(26)36-2)14-16-31-29(34)24-19-32-33-25(15-17-30-28(24)33)23-11-9-22(10-12-23)21-6-4-3-5-7-21/h3-13,15,17-19H,14,16H2,1-2H3,(H,31,34). The number of methoxy groups -OCH3 is 2. The molecule has 7 nitrogen and oxygen atoms in total. The van der Waals surface area contributed by atoms with Gasteiger partial charge in [-0.1, -0.05) is 60.7 Å². The molecule has 0 bridgehead atoms. The SMILES string of the molecule is COc1ccc(CCNC(=O)c2cnn3c(-c4ccc(-c5ccccc5)cc4)ccnc23)cc1OC. The highest BCUT2D eigenvalue weighted by Gasteiger charge is 2.16. The third kappa shape index (κ3) is 4.63. The van der Waals surface area contributed by atoms with Crippen LogP contribution in [0.4, 0.5) is 0 Å². The zero-order valence-corrected chi connectivity index (χ0v) is 20.1. The van der Waals surface area contributed by atoms with Gasteiger partial charge in [-0.2, -0.15) is 5.10 Å². The molecule has 0 aliphatic carbocycles. The number of hydrogen-bond acceptors (Lipinski definition) is 5. The first-order valence-corrected chi connectivity index (χ1v) is 11.7. The summed E-state index contributed by atoms with van der Waals surface area (Å²) in [5.41, 5.74) is 6.14. The molecule has 1 amide bonds. The number of carbonyl (C=O) groups is 1. The summed E-state index contributed by atoms with van der Waals surface area (Å²) >= 11 is 0. The van der Waals surface area contributed by atoms with E-state index in [9.17, 15) is 4.79 Å². The first-order valence-electron chi connectivity index (χ1n) is 11.7. The van der Waals surface area contributed by atoms with Gasteiger partial charge in [0.15, 0.2) is 17.1 Å². The van der Waals surface area contributed by atoms with E-state index < -0.39 is 0 Å². The van der Waals surface area contributed by atoms with Crippen LogP contribution in [-0.2, 0) is 6.42 Å². The Balaban J connectivity index is 1.31. The fourth-order valence-corrected chi connectivity index (χ4v) is 4.19. The number of ether oxygens (including phenoxy) is 2. The van der Waals surface area contributed by atoms with Gasteiger partial charge in [-0.15, -0.1) is 0 Å². The number of nitrogens with zero attached hydrogens (tertiary/aromatic N) is 3. The fraction of sp³-hybridized carbons (Fsp3) is 0.138. The molecular formula is C29H26N4O3. The maximum Gasteiger partial charge on any atom is 0.256 e. The molecular weight excluding hydrogens is 452 g/mol. The Hall–Kier alpha value is -4.65. The second kappa shape index (κ2) is 10.3. The van der Waals surface area contributed by atoms with E-state index in [-0.39, 0.29) is 5.91 Å². The summed E-state index contributed by atoms with van der Waals surface area (Å²) in [4.78, 5) is 17.4. The second-order valence-electron chi connectivity index (χ2n) is 8.26. The highest BCUT2D eigenvalue weighted by molar-refractivity contribution is 5.99. The number of fused-ring (bicyclic) bond motifs is 1. The van der Waals surface area contributed by atoms with E-state index in [1.54, 1.807) is 31.1 Å². The lowest BCUT2D eigenvalue weighted by atomic mass is 10.0. The van der Waals surface area contributed by atoms with Crippen LogP contribution in [0.15, 0.2) is 91.3 Å². The molecule has 0 spiro atoms. The zero-order valence-electron chi connectivity index (χ0n) is 20.1. The fourth-order valence-electron chi connectivity index (χ4n) is 4.19. The summed E-state index contributed by atoms with van der Waals surface area (Å²) in [5.74, 6) is 1.13. The van der Waals surface area contributed by atoms with Crippen molar-refractivity contribution in [3.8, 4) is 33.9 Å². The molecule has 0 aliphatic rings. The highest BCUT2D eigenvalue weighted by atomic mass is 16.5. The molecule has 0 atom stereocenters. The number of rotatable bonds is 8. The molecule has 180 valence electrons. The lowest BCUT2D eigenvalue weighted by Gasteiger charge is -2.10.